The standard InChI is InChI=1S/C11H12BrNO2/c1-7-2-3-8(6-9(7)12)10-4-5-15-11(14)13-10/h2-3,6,10H,4-5H2,1H3,(H,13,14)/t10-/m0/s1. The van der Waals surface area contributed by atoms with Crippen LogP contribution in [-0.2, 0) is 4.74 Å². The lowest BCUT2D eigenvalue weighted by atomic mass is 10.0. The molecule has 0 radical (unpaired) electrons. The summed E-state index contributed by atoms with van der Waals surface area (Å²) in [6.07, 6.45) is 0.490. The van der Waals surface area contributed by atoms with Crippen LogP contribution in [0.2, 0.25) is 0 Å². The molecular weight excluding hydrogens is 258 g/mol. The van der Waals surface area contributed by atoms with Gasteiger partial charge in [0.1, 0.15) is 0 Å². The van der Waals surface area contributed by atoms with Gasteiger partial charge in [0.15, 0.2) is 0 Å². The molecule has 1 N–H and O–H groups in total. The van der Waals surface area contributed by atoms with E-state index in [2.05, 4.69) is 21.2 Å². The van der Waals surface area contributed by atoms with Gasteiger partial charge in [0.25, 0.3) is 0 Å². The second kappa shape index (κ2) is 4.23. The van der Waals surface area contributed by atoms with Crippen molar-refractivity contribution in [2.24, 2.45) is 0 Å². The number of amides is 1. The highest BCUT2D eigenvalue weighted by molar-refractivity contribution is 9.10. The summed E-state index contributed by atoms with van der Waals surface area (Å²) < 4.78 is 5.89. The maximum absolute atomic E-state index is 11.1. The molecule has 1 atom stereocenters. The predicted octanol–water partition coefficient (Wildman–Crippen LogP) is 2.93. The Morgan fingerprint density at radius 3 is 3.00 bits per heavy atom. The number of carbonyl (C=O) groups is 1. The third-order valence-electron chi connectivity index (χ3n) is 2.53. The summed E-state index contributed by atoms with van der Waals surface area (Å²) in [6, 6.07) is 6.20. The van der Waals surface area contributed by atoms with Gasteiger partial charge < -0.3 is 10.1 Å². The number of nitrogens with one attached hydrogen (secondary N) is 1. The van der Waals surface area contributed by atoms with E-state index in [-0.39, 0.29) is 12.1 Å². The van der Waals surface area contributed by atoms with Crippen LogP contribution in [-0.4, -0.2) is 12.7 Å². The van der Waals surface area contributed by atoms with Gasteiger partial charge in [0.05, 0.1) is 12.6 Å². The smallest absolute Gasteiger partial charge is 0.407 e. The second-order valence-electron chi connectivity index (χ2n) is 3.63. The maximum atomic E-state index is 11.1. The molecule has 2 rings (SSSR count). The molecule has 1 aromatic rings. The molecule has 0 unspecified atom stereocenters. The Hall–Kier alpha value is -1.03. The molecule has 0 saturated carbocycles. The zero-order chi connectivity index (χ0) is 10.8. The molecule has 1 aliphatic heterocycles. The average molecular weight is 270 g/mol. The van der Waals surface area contributed by atoms with Crippen molar-refractivity contribution >= 4 is 22.0 Å². The van der Waals surface area contributed by atoms with Crippen molar-refractivity contribution in [1.82, 2.24) is 5.32 Å². The highest BCUT2D eigenvalue weighted by Crippen LogP contribution is 2.25. The molecule has 3 nitrogen and oxygen atoms in total. The number of alkyl carbamates (subject to hydrolysis) is 1. The van der Waals surface area contributed by atoms with Crippen molar-refractivity contribution in [3.8, 4) is 0 Å². The van der Waals surface area contributed by atoms with Crippen LogP contribution in [0.1, 0.15) is 23.6 Å². The normalized spacial score (nSPS) is 20.7. The Bertz CT molecular complexity index is 392. The molecule has 1 amide bonds. The number of hydrogen-bond acceptors (Lipinski definition) is 2. The number of benzene rings is 1. The third kappa shape index (κ3) is 2.31. The van der Waals surface area contributed by atoms with Crippen molar-refractivity contribution in [3.63, 3.8) is 0 Å². The van der Waals surface area contributed by atoms with E-state index in [0.29, 0.717) is 6.61 Å². The molecule has 0 spiro atoms. The number of cyclic esters (lactones) is 1. The Balaban J connectivity index is 2.21. The summed E-state index contributed by atoms with van der Waals surface area (Å²) in [7, 11) is 0. The van der Waals surface area contributed by atoms with E-state index in [1.165, 1.54) is 5.56 Å². The van der Waals surface area contributed by atoms with Crippen LogP contribution < -0.4 is 5.32 Å². The summed E-state index contributed by atoms with van der Waals surface area (Å²) in [4.78, 5) is 11.1. The minimum atomic E-state index is -0.331. The number of ether oxygens (including phenoxy) is 1. The first-order valence-corrected chi connectivity index (χ1v) is 5.65. The van der Waals surface area contributed by atoms with Crippen LogP contribution >= 0.6 is 15.9 Å². The minimum Gasteiger partial charge on any atom is -0.449 e. The van der Waals surface area contributed by atoms with E-state index in [0.717, 1.165) is 16.5 Å². The summed E-state index contributed by atoms with van der Waals surface area (Å²) >= 11 is 3.48. The van der Waals surface area contributed by atoms with Gasteiger partial charge in [0, 0.05) is 10.9 Å². The quantitative estimate of drug-likeness (QED) is 0.852. The molecule has 15 heavy (non-hydrogen) atoms. The van der Waals surface area contributed by atoms with Gasteiger partial charge in [-0.15, -0.1) is 0 Å². The maximum Gasteiger partial charge on any atom is 0.407 e. The Morgan fingerprint density at radius 2 is 2.33 bits per heavy atom. The Labute approximate surface area is 96.9 Å². The first-order valence-electron chi connectivity index (χ1n) is 4.86. The SMILES string of the molecule is Cc1ccc([C@@H]2CCOC(=O)N2)cc1Br. The van der Waals surface area contributed by atoms with E-state index >= 15 is 0 Å². The first-order chi connectivity index (χ1) is 7.16. The number of aryl methyl sites for hydroxylation is 1. The third-order valence-corrected chi connectivity index (χ3v) is 3.38. The summed E-state index contributed by atoms with van der Waals surface area (Å²) in [5, 5.41) is 2.80. The first kappa shape index (κ1) is 10.5. The molecule has 4 heteroatoms. The molecule has 0 bridgehead atoms. The van der Waals surface area contributed by atoms with Gasteiger partial charge in [-0.1, -0.05) is 28.1 Å². The zero-order valence-electron chi connectivity index (χ0n) is 8.42. The van der Waals surface area contributed by atoms with Crippen molar-refractivity contribution in [3.05, 3.63) is 33.8 Å². The predicted molar refractivity (Wildman–Crippen MR) is 60.7 cm³/mol. The topological polar surface area (TPSA) is 38.3 Å². The number of rotatable bonds is 1. The van der Waals surface area contributed by atoms with Crippen LogP contribution in [0.25, 0.3) is 0 Å². The van der Waals surface area contributed by atoms with Gasteiger partial charge in [-0.3, -0.25) is 0 Å². The zero-order valence-corrected chi connectivity index (χ0v) is 10.0. The average Bonchev–Trinajstić information content (AvgIpc) is 2.22. The van der Waals surface area contributed by atoms with Crippen LogP contribution in [0.15, 0.2) is 22.7 Å². The van der Waals surface area contributed by atoms with Crippen molar-refractivity contribution in [1.29, 1.82) is 0 Å². The lowest BCUT2D eigenvalue weighted by Crippen LogP contribution is -2.35. The lowest BCUT2D eigenvalue weighted by Gasteiger charge is -2.24. The van der Waals surface area contributed by atoms with E-state index < -0.39 is 0 Å². The number of halogens is 1. The van der Waals surface area contributed by atoms with Gasteiger partial charge in [0.2, 0.25) is 0 Å². The van der Waals surface area contributed by atoms with E-state index in [9.17, 15) is 4.79 Å². The van der Waals surface area contributed by atoms with Gasteiger partial charge in [-0.2, -0.15) is 0 Å². The van der Waals surface area contributed by atoms with Crippen molar-refractivity contribution < 1.29 is 9.53 Å². The minimum absolute atomic E-state index is 0.0724. The summed E-state index contributed by atoms with van der Waals surface area (Å²) in [5.74, 6) is 0. The molecule has 0 aliphatic carbocycles. The summed E-state index contributed by atoms with van der Waals surface area (Å²) in [6.45, 7) is 2.53. The molecule has 1 saturated heterocycles. The highest BCUT2D eigenvalue weighted by atomic mass is 79.9. The number of carbonyl (C=O) groups excluding carboxylic acids is 1. The molecular formula is C11H12BrNO2. The number of hydrogen-bond donors (Lipinski definition) is 1. The van der Waals surface area contributed by atoms with Gasteiger partial charge >= 0.3 is 6.09 Å². The molecule has 1 aromatic carbocycles. The van der Waals surface area contributed by atoms with Crippen LogP contribution in [0.4, 0.5) is 4.79 Å². The van der Waals surface area contributed by atoms with Crippen LogP contribution in [0.5, 0.6) is 0 Å². The van der Waals surface area contributed by atoms with E-state index in [1.807, 2.05) is 25.1 Å². The van der Waals surface area contributed by atoms with Crippen LogP contribution in [0.3, 0.4) is 0 Å². The van der Waals surface area contributed by atoms with Crippen molar-refractivity contribution in [2.75, 3.05) is 6.61 Å². The van der Waals surface area contributed by atoms with Crippen LogP contribution in [0, 0.1) is 6.92 Å². The van der Waals surface area contributed by atoms with E-state index in [1.54, 1.807) is 0 Å². The molecule has 1 aliphatic rings. The fourth-order valence-electron chi connectivity index (χ4n) is 1.60. The molecule has 1 fully saturated rings. The van der Waals surface area contributed by atoms with Crippen molar-refractivity contribution in [2.45, 2.75) is 19.4 Å². The Kier molecular flexibility index (Phi) is 2.95. The Morgan fingerprint density at radius 1 is 1.53 bits per heavy atom. The molecule has 1 heterocycles. The second-order valence-corrected chi connectivity index (χ2v) is 4.48. The highest BCUT2D eigenvalue weighted by Gasteiger charge is 2.20. The van der Waals surface area contributed by atoms with E-state index in [4.69, 9.17) is 4.74 Å². The largest absolute Gasteiger partial charge is 0.449 e. The molecule has 80 valence electrons. The monoisotopic (exact) mass is 269 g/mol. The fraction of sp³-hybridized carbons (Fsp3) is 0.364. The summed E-state index contributed by atoms with van der Waals surface area (Å²) in [5.41, 5.74) is 2.31. The van der Waals surface area contributed by atoms with Gasteiger partial charge in [-0.05, 0) is 24.1 Å². The fourth-order valence-corrected chi connectivity index (χ4v) is 2.00. The van der Waals surface area contributed by atoms with Gasteiger partial charge in [-0.25, -0.2) is 4.79 Å². The lowest BCUT2D eigenvalue weighted by molar-refractivity contribution is 0.115. The molecule has 0 aromatic heterocycles.